The fourth-order valence-electron chi connectivity index (χ4n) is 4.17. The van der Waals surface area contributed by atoms with Crippen LogP contribution in [-0.4, -0.2) is 0 Å². The first-order valence-corrected chi connectivity index (χ1v) is 15.7. The van der Waals surface area contributed by atoms with Crippen molar-refractivity contribution in [1.29, 1.82) is 0 Å². The molecule has 0 fully saturated rings. The molecule has 1 N–H and O–H groups in total. The quantitative estimate of drug-likeness (QED) is 0.163. The summed E-state index contributed by atoms with van der Waals surface area (Å²) in [5, 5.41) is -2.02. The van der Waals surface area contributed by atoms with E-state index in [1.54, 1.807) is 0 Å². The molecule has 0 saturated carbocycles. The Morgan fingerprint density at radius 1 is 0.333 bits per heavy atom. The van der Waals surface area contributed by atoms with Gasteiger partial charge in [0, 0.05) is 21.2 Å². The molecule has 0 aliphatic heterocycles. The Bertz CT molecular complexity index is 1490. The zero-order valence-electron chi connectivity index (χ0n) is 22.0. The van der Waals surface area contributed by atoms with E-state index >= 15 is 0 Å². The number of rotatable bonds is 6. The molecule has 4 rings (SSSR count). The number of hydrogen-bond acceptors (Lipinski definition) is 2. The molecule has 0 atom stereocenters. The average Bonchev–Trinajstić information content (AvgIpc) is 2.95. The highest BCUT2D eigenvalue weighted by molar-refractivity contribution is 7.91. The van der Waals surface area contributed by atoms with Gasteiger partial charge in [-0.15, -0.1) is 0 Å². The van der Waals surface area contributed by atoms with Crippen molar-refractivity contribution in [2.75, 3.05) is 0 Å². The summed E-state index contributed by atoms with van der Waals surface area (Å²) in [4.78, 5) is 2.29. The summed E-state index contributed by atoms with van der Waals surface area (Å²) in [6.45, 7) is 0. The summed E-state index contributed by atoms with van der Waals surface area (Å²) in [6.07, 6.45) is -19.4. The highest BCUT2D eigenvalue weighted by Crippen LogP contribution is 2.53. The lowest BCUT2D eigenvalue weighted by Gasteiger charge is -2.28. The van der Waals surface area contributed by atoms with Crippen molar-refractivity contribution in [3.8, 4) is 0 Å². The van der Waals surface area contributed by atoms with Gasteiger partial charge in [0.25, 0.3) is 0 Å². The van der Waals surface area contributed by atoms with Crippen LogP contribution in [0.25, 0.3) is 0 Å². The molecule has 17 heteroatoms. The van der Waals surface area contributed by atoms with Crippen molar-refractivity contribution < 1.29 is 61.8 Å². The van der Waals surface area contributed by atoms with Crippen molar-refractivity contribution in [3.63, 3.8) is 0 Å². The minimum absolute atomic E-state index is 0.495. The third-order valence-electron chi connectivity index (χ3n) is 6.51. The molecule has 240 valence electrons. The fourth-order valence-corrected chi connectivity index (χ4v) is 10.5. The minimum atomic E-state index is -4.86. The first-order chi connectivity index (χ1) is 20.5. The van der Waals surface area contributed by atoms with E-state index in [-0.39, 0.29) is 0 Å². The number of alkyl halides is 12. The highest BCUT2D eigenvalue weighted by Gasteiger charge is 2.41. The predicted molar refractivity (Wildman–Crippen MR) is 143 cm³/mol. The minimum Gasteiger partial charge on any atom is -0.296 e. The first-order valence-electron chi connectivity index (χ1n) is 12.3. The van der Waals surface area contributed by atoms with E-state index in [1.165, 1.54) is 0 Å². The van der Waals surface area contributed by atoms with Gasteiger partial charge in [-0.25, -0.2) is 4.86 Å². The molecule has 0 spiro atoms. The van der Waals surface area contributed by atoms with Crippen LogP contribution < -0.4 is 26.1 Å². The lowest BCUT2D eigenvalue weighted by Crippen LogP contribution is -2.33. The normalized spacial score (nSPS) is 13.6. The van der Waals surface area contributed by atoms with Gasteiger partial charge in [0.1, 0.15) is 0 Å². The van der Waals surface area contributed by atoms with E-state index < -0.39 is 82.8 Å². The van der Waals surface area contributed by atoms with E-state index in [0.29, 0.717) is 97.1 Å². The van der Waals surface area contributed by atoms with Gasteiger partial charge in [-0.3, -0.25) is 9.13 Å². The third kappa shape index (κ3) is 7.31. The molecule has 0 aliphatic carbocycles. The maximum absolute atomic E-state index is 14.7. The molecule has 0 aliphatic rings. The van der Waals surface area contributed by atoms with Gasteiger partial charge in [0.05, 0.1) is 22.3 Å². The van der Waals surface area contributed by atoms with E-state index in [1.807, 2.05) is 0 Å². The van der Waals surface area contributed by atoms with Crippen LogP contribution in [0.5, 0.6) is 0 Å². The molecule has 0 heterocycles. The first kappa shape index (κ1) is 34.3. The largest absolute Gasteiger partial charge is 0.416 e. The maximum atomic E-state index is 14.7. The molecule has 3 nitrogen and oxygen atoms in total. The van der Waals surface area contributed by atoms with E-state index in [0.717, 1.165) is 0 Å². The average molecular weight is 689 g/mol. The fraction of sp³-hybridized carbons (Fsp3) is 0.143. The predicted octanol–water partition coefficient (Wildman–Crippen LogP) is 8.51. The molecule has 0 bridgehead atoms. The molecule has 4 aromatic rings. The summed E-state index contributed by atoms with van der Waals surface area (Å²) in [6, 6.07) is 9.61. The molecule has 0 radical (unpaired) electrons. The van der Waals surface area contributed by atoms with Gasteiger partial charge >= 0.3 is 24.7 Å². The number of halogens is 12. The summed E-state index contributed by atoms with van der Waals surface area (Å²) >= 11 is 0. The van der Waals surface area contributed by atoms with Crippen LogP contribution in [0.4, 0.5) is 52.7 Å². The summed E-state index contributed by atoms with van der Waals surface area (Å²) in [5.74, 6) is 0. The maximum Gasteiger partial charge on any atom is 0.416 e. The second-order valence-electron chi connectivity index (χ2n) is 9.50. The zero-order valence-corrected chi connectivity index (χ0v) is 23.8. The van der Waals surface area contributed by atoms with Crippen LogP contribution in [0.2, 0.25) is 0 Å². The van der Waals surface area contributed by atoms with Crippen LogP contribution in [0, 0.1) is 0 Å². The Morgan fingerprint density at radius 2 is 0.489 bits per heavy atom. The number of benzene rings is 4. The number of nitrogens with one attached hydrogen (secondary N) is 1. The Kier molecular flexibility index (Phi) is 8.91. The van der Waals surface area contributed by atoms with E-state index in [9.17, 15) is 61.8 Å². The summed E-state index contributed by atoms with van der Waals surface area (Å²) in [5.41, 5.74) is -4.84. The lowest BCUT2D eigenvalue weighted by molar-refractivity contribution is -0.138. The molecule has 0 aromatic heterocycles. The van der Waals surface area contributed by atoms with Crippen molar-refractivity contribution >= 4 is 35.8 Å². The van der Waals surface area contributed by atoms with E-state index in [4.69, 9.17) is 0 Å². The van der Waals surface area contributed by atoms with Gasteiger partial charge < -0.3 is 0 Å². The van der Waals surface area contributed by atoms with Crippen molar-refractivity contribution in [3.05, 3.63) is 119 Å². The SMILES string of the molecule is O=P(NP(=O)(c1ccc(C(F)(F)F)cc1)c1ccc(C(F)(F)F)cc1)(c1ccc(C(F)(F)F)cc1)c1ccc(C(F)(F)F)cc1. The van der Waals surface area contributed by atoms with Crippen molar-refractivity contribution in [2.24, 2.45) is 0 Å². The second-order valence-corrected chi connectivity index (χ2v) is 14.8. The van der Waals surface area contributed by atoms with E-state index in [2.05, 4.69) is 4.86 Å². The van der Waals surface area contributed by atoms with Crippen LogP contribution >= 0.6 is 14.6 Å². The van der Waals surface area contributed by atoms with Crippen LogP contribution in [-0.2, 0) is 33.8 Å². The standard InChI is InChI=1S/C28H17F12NO2P2/c29-25(30,31)17-1-9-21(10-2-17)44(42,22-11-3-18(4-12-22)26(32,33)34)41-45(43,23-13-5-19(6-14-23)27(35,36)37)24-15-7-20(8-16-24)28(38,39)40/h1-16H,(H,41,42,43). The molecule has 4 aromatic carbocycles. The van der Waals surface area contributed by atoms with Crippen LogP contribution in [0.3, 0.4) is 0 Å². The number of hydrogen-bond donors (Lipinski definition) is 1. The highest BCUT2D eigenvalue weighted by atomic mass is 31.2. The molecule has 0 unspecified atom stereocenters. The van der Waals surface area contributed by atoms with Gasteiger partial charge in [-0.2, -0.15) is 52.7 Å². The second kappa shape index (κ2) is 11.7. The summed E-state index contributed by atoms with van der Waals surface area (Å²) in [7, 11) is -9.60. The third-order valence-corrected chi connectivity index (χ3v) is 12.9. The van der Waals surface area contributed by atoms with Gasteiger partial charge in [0.15, 0.2) is 0 Å². The summed E-state index contributed by atoms with van der Waals surface area (Å²) < 4.78 is 188. The van der Waals surface area contributed by atoms with Crippen LogP contribution in [0.15, 0.2) is 97.1 Å². The van der Waals surface area contributed by atoms with Crippen molar-refractivity contribution in [1.82, 2.24) is 4.86 Å². The molecule has 0 saturated heterocycles. The van der Waals surface area contributed by atoms with Gasteiger partial charge in [-0.05, 0) is 97.1 Å². The Morgan fingerprint density at radius 3 is 0.622 bits per heavy atom. The Labute approximate surface area is 246 Å². The van der Waals surface area contributed by atoms with Crippen molar-refractivity contribution in [2.45, 2.75) is 24.7 Å². The molecular weight excluding hydrogens is 672 g/mol. The molecule has 0 amide bonds. The topological polar surface area (TPSA) is 46.2 Å². The lowest BCUT2D eigenvalue weighted by atomic mass is 10.2. The van der Waals surface area contributed by atoms with Crippen LogP contribution in [0.1, 0.15) is 22.3 Å². The smallest absolute Gasteiger partial charge is 0.296 e. The Hall–Kier alpha value is -3.54. The zero-order chi connectivity index (χ0) is 33.6. The monoisotopic (exact) mass is 689 g/mol. The van der Waals surface area contributed by atoms with Gasteiger partial charge in [0.2, 0.25) is 14.6 Å². The Balaban J connectivity index is 1.96. The molecule has 45 heavy (non-hydrogen) atoms. The molecular formula is C28H17F12NO2P2. The van der Waals surface area contributed by atoms with Gasteiger partial charge in [-0.1, -0.05) is 0 Å².